The Bertz CT molecular complexity index is 1560. The zero-order chi connectivity index (χ0) is 27.4. The number of piperidine rings is 1. The molecule has 3 aromatic carbocycles. The van der Waals surface area contributed by atoms with Crippen LogP contribution in [0.2, 0.25) is 10.0 Å². The molecule has 1 fully saturated rings. The zero-order valence-electron chi connectivity index (χ0n) is 21.7. The van der Waals surface area contributed by atoms with E-state index in [0.717, 1.165) is 34.1 Å². The Kier molecular flexibility index (Phi) is 6.66. The van der Waals surface area contributed by atoms with Gasteiger partial charge in [0, 0.05) is 51.9 Å². The van der Waals surface area contributed by atoms with Gasteiger partial charge in [0.05, 0.1) is 23.6 Å². The summed E-state index contributed by atoms with van der Waals surface area (Å²) >= 11 is 12.3. The molecule has 200 valence electrons. The summed E-state index contributed by atoms with van der Waals surface area (Å²) in [5, 5.41) is 12.6. The highest BCUT2D eigenvalue weighted by Crippen LogP contribution is 2.44. The Hall–Kier alpha value is -3.32. The Labute approximate surface area is 237 Å². The van der Waals surface area contributed by atoms with Gasteiger partial charge in [-0.25, -0.2) is 0 Å². The molecule has 0 radical (unpaired) electrons. The average molecular weight is 562 g/mol. The largest absolute Gasteiger partial charge is 0.393 e. The van der Waals surface area contributed by atoms with E-state index in [-0.39, 0.29) is 17.9 Å². The van der Waals surface area contributed by atoms with Gasteiger partial charge in [0.1, 0.15) is 0 Å². The minimum Gasteiger partial charge on any atom is -0.393 e. The van der Waals surface area contributed by atoms with Crippen molar-refractivity contribution in [2.75, 3.05) is 13.6 Å². The minimum absolute atomic E-state index is 0.136. The van der Waals surface area contributed by atoms with Crippen molar-refractivity contribution in [2.24, 2.45) is 5.92 Å². The molecule has 8 heteroatoms. The molecule has 2 aliphatic rings. The third-order valence-electron chi connectivity index (χ3n) is 8.27. The number of H-pyrrole nitrogens is 1. The molecule has 0 bridgehead atoms. The normalized spacial score (nSPS) is 21.4. The molecule has 4 atom stereocenters. The smallest absolute Gasteiger partial charge is 0.253 e. The third kappa shape index (κ3) is 4.41. The van der Waals surface area contributed by atoms with Gasteiger partial charge in [0.2, 0.25) is 5.91 Å². The third-order valence-corrected chi connectivity index (χ3v) is 8.70. The summed E-state index contributed by atoms with van der Waals surface area (Å²) in [7, 11) is 1.68. The van der Waals surface area contributed by atoms with Crippen LogP contribution >= 0.6 is 23.2 Å². The van der Waals surface area contributed by atoms with Gasteiger partial charge in [-0.1, -0.05) is 71.7 Å². The Morgan fingerprint density at radius 1 is 1.08 bits per heavy atom. The lowest BCUT2D eigenvalue weighted by molar-refractivity contribution is -0.151. The first kappa shape index (κ1) is 25.9. The molecular weight excluding hydrogens is 533 g/mol. The van der Waals surface area contributed by atoms with Gasteiger partial charge in [0.15, 0.2) is 0 Å². The van der Waals surface area contributed by atoms with Gasteiger partial charge < -0.3 is 19.9 Å². The fourth-order valence-corrected chi connectivity index (χ4v) is 6.97. The van der Waals surface area contributed by atoms with E-state index in [9.17, 15) is 14.7 Å². The zero-order valence-corrected chi connectivity index (χ0v) is 23.2. The Balaban J connectivity index is 1.41. The van der Waals surface area contributed by atoms with Crippen LogP contribution < -0.4 is 0 Å². The van der Waals surface area contributed by atoms with Gasteiger partial charge in [-0.15, -0.1) is 0 Å². The molecular formula is C31H29Cl2N3O3. The second-order valence-corrected chi connectivity index (χ2v) is 11.4. The molecule has 3 heterocycles. The highest BCUT2D eigenvalue weighted by Gasteiger charge is 2.49. The summed E-state index contributed by atoms with van der Waals surface area (Å²) in [5.41, 5.74) is 5.85. The van der Waals surface area contributed by atoms with Crippen molar-refractivity contribution in [3.63, 3.8) is 0 Å². The summed E-state index contributed by atoms with van der Waals surface area (Å²) < 4.78 is 0. The van der Waals surface area contributed by atoms with Crippen molar-refractivity contribution in [3.05, 3.63) is 93.6 Å². The van der Waals surface area contributed by atoms with Crippen LogP contribution in [0, 0.1) is 5.92 Å². The highest BCUT2D eigenvalue weighted by atomic mass is 35.5. The van der Waals surface area contributed by atoms with Crippen LogP contribution in [0.4, 0.5) is 0 Å². The molecule has 2 aliphatic heterocycles. The second-order valence-electron chi connectivity index (χ2n) is 10.6. The number of fused-ring (bicyclic) bond motifs is 5. The number of nitrogens with zero attached hydrogens (tertiary/aromatic N) is 2. The Morgan fingerprint density at radius 3 is 2.49 bits per heavy atom. The number of amides is 2. The van der Waals surface area contributed by atoms with Gasteiger partial charge in [-0.05, 0) is 49.1 Å². The van der Waals surface area contributed by atoms with Crippen LogP contribution in [-0.4, -0.2) is 57.4 Å². The highest BCUT2D eigenvalue weighted by molar-refractivity contribution is 6.35. The van der Waals surface area contributed by atoms with Crippen molar-refractivity contribution < 1.29 is 14.7 Å². The fraction of sp³-hybridized carbons (Fsp3) is 0.290. The van der Waals surface area contributed by atoms with E-state index in [1.165, 1.54) is 5.56 Å². The number of rotatable bonds is 4. The first-order chi connectivity index (χ1) is 18.7. The molecule has 2 N–H and O–H groups in total. The van der Waals surface area contributed by atoms with Crippen LogP contribution in [0.3, 0.4) is 0 Å². The van der Waals surface area contributed by atoms with E-state index in [2.05, 4.69) is 35.3 Å². The maximum Gasteiger partial charge on any atom is 0.253 e. The number of para-hydroxylation sites is 1. The van der Waals surface area contributed by atoms with E-state index in [1.54, 1.807) is 37.1 Å². The molecule has 0 unspecified atom stereocenters. The van der Waals surface area contributed by atoms with E-state index >= 15 is 0 Å². The summed E-state index contributed by atoms with van der Waals surface area (Å²) in [6.45, 7) is 2.19. The van der Waals surface area contributed by atoms with Crippen molar-refractivity contribution in [1.82, 2.24) is 14.8 Å². The van der Waals surface area contributed by atoms with E-state index < -0.39 is 18.1 Å². The lowest BCUT2D eigenvalue weighted by Gasteiger charge is -2.48. The molecule has 1 saturated heterocycles. The van der Waals surface area contributed by atoms with Crippen LogP contribution in [0.15, 0.2) is 66.7 Å². The lowest BCUT2D eigenvalue weighted by atomic mass is 9.79. The number of aromatic amines is 1. The van der Waals surface area contributed by atoms with Crippen LogP contribution in [-0.2, 0) is 11.2 Å². The summed E-state index contributed by atoms with van der Waals surface area (Å²) in [4.78, 5) is 34.6. The number of carbonyl (C=O) groups excluding carboxylic acids is 2. The van der Waals surface area contributed by atoms with Crippen LogP contribution in [0.5, 0.6) is 0 Å². The molecule has 0 aliphatic carbocycles. The topological polar surface area (TPSA) is 76.6 Å². The molecule has 6 rings (SSSR count). The number of carbonyl (C=O) groups is 2. The molecule has 1 aromatic heterocycles. The minimum atomic E-state index is -0.921. The standard InChI is InChI=1S/C31H29Cl2N3O3/c1-17(37)27-25(35(2)30(38)19-13-20(32)15-21(33)14-19)16-26-29-24(11-12-36(26)31(27)39)23-10-6-9-22(28(23)34-29)18-7-4-3-5-8-18/h3-10,13-15,17,25-27,34,37H,11-12,16H2,1-2H3/t17-,25-,26-,27-/m0/s1. The molecule has 2 amide bonds. The van der Waals surface area contributed by atoms with Gasteiger partial charge >= 0.3 is 0 Å². The molecule has 6 nitrogen and oxygen atoms in total. The monoisotopic (exact) mass is 561 g/mol. The van der Waals surface area contributed by atoms with Crippen molar-refractivity contribution >= 4 is 45.9 Å². The number of hydrogen-bond donors (Lipinski definition) is 2. The maximum absolute atomic E-state index is 13.9. The van der Waals surface area contributed by atoms with Gasteiger partial charge in [-0.3, -0.25) is 9.59 Å². The van der Waals surface area contributed by atoms with Crippen molar-refractivity contribution in [2.45, 2.75) is 38.0 Å². The number of aliphatic hydroxyl groups is 1. The summed E-state index contributed by atoms with van der Waals surface area (Å²) in [6.07, 6.45) is 0.302. The fourth-order valence-electron chi connectivity index (χ4n) is 6.45. The first-order valence-corrected chi connectivity index (χ1v) is 13.9. The van der Waals surface area contributed by atoms with E-state index in [1.807, 2.05) is 23.1 Å². The van der Waals surface area contributed by atoms with Gasteiger partial charge in [0.25, 0.3) is 5.91 Å². The Morgan fingerprint density at radius 2 is 1.79 bits per heavy atom. The van der Waals surface area contributed by atoms with Crippen molar-refractivity contribution in [1.29, 1.82) is 0 Å². The quantitative estimate of drug-likeness (QED) is 0.315. The summed E-state index contributed by atoms with van der Waals surface area (Å²) in [6, 6.07) is 20.5. The molecule has 0 spiro atoms. The van der Waals surface area contributed by atoms with Crippen LogP contribution in [0.1, 0.15) is 41.0 Å². The predicted octanol–water partition coefficient (Wildman–Crippen LogP) is 6.11. The molecule has 0 saturated carbocycles. The number of aliphatic hydroxyl groups excluding tert-OH is 1. The molecule has 39 heavy (non-hydrogen) atoms. The number of halogens is 2. The molecule has 4 aromatic rings. The number of hydrogen-bond acceptors (Lipinski definition) is 3. The van der Waals surface area contributed by atoms with Crippen molar-refractivity contribution in [3.8, 4) is 11.1 Å². The SMILES string of the molecule is C[C@H](O)[C@@H]1C(=O)N2CCc3c([nH]c4c(-c5ccccc5)cccc34)[C@@H]2C[C@@H]1N(C)C(=O)c1cc(Cl)cc(Cl)c1. The maximum atomic E-state index is 13.9. The van der Waals surface area contributed by atoms with Crippen LogP contribution in [0.25, 0.3) is 22.0 Å². The number of nitrogens with one attached hydrogen (secondary N) is 1. The number of aromatic nitrogens is 1. The predicted molar refractivity (Wildman–Crippen MR) is 154 cm³/mol. The average Bonchev–Trinajstić information content (AvgIpc) is 3.31. The first-order valence-electron chi connectivity index (χ1n) is 13.1. The van der Waals surface area contributed by atoms with E-state index in [0.29, 0.717) is 28.6 Å². The second kappa shape index (κ2) is 10.0. The van der Waals surface area contributed by atoms with E-state index in [4.69, 9.17) is 23.2 Å². The summed E-state index contributed by atoms with van der Waals surface area (Å²) in [5.74, 6) is -1.17. The number of benzene rings is 3. The van der Waals surface area contributed by atoms with Gasteiger partial charge in [-0.2, -0.15) is 0 Å². The lowest BCUT2D eigenvalue weighted by Crippen LogP contribution is -2.59.